The van der Waals surface area contributed by atoms with Crippen LogP contribution in [0.25, 0.3) is 0 Å². The van der Waals surface area contributed by atoms with Crippen molar-refractivity contribution in [2.75, 3.05) is 31.6 Å². The zero-order chi connectivity index (χ0) is 16.1. The lowest BCUT2D eigenvalue weighted by atomic mass is 9.98. The molecule has 1 aromatic rings. The minimum absolute atomic E-state index is 0.224. The summed E-state index contributed by atoms with van der Waals surface area (Å²) in [5.74, 6) is 2.62. The molecular weight excluding hydrogens is 306 g/mol. The molecule has 2 heterocycles. The Labute approximate surface area is 143 Å². The van der Waals surface area contributed by atoms with Gasteiger partial charge in [-0.15, -0.1) is 0 Å². The van der Waals surface area contributed by atoms with Crippen molar-refractivity contribution in [1.82, 2.24) is 15.2 Å². The van der Waals surface area contributed by atoms with Gasteiger partial charge in [0.2, 0.25) is 5.91 Å². The molecule has 1 saturated carbocycles. The van der Waals surface area contributed by atoms with E-state index in [9.17, 15) is 4.79 Å². The zero-order valence-electron chi connectivity index (χ0n) is 13.9. The topological polar surface area (TPSA) is 45.2 Å². The molecule has 4 nitrogen and oxygen atoms in total. The first kappa shape index (κ1) is 16.8. The second-order valence-corrected chi connectivity index (χ2v) is 7.73. The van der Waals surface area contributed by atoms with Crippen molar-refractivity contribution >= 4 is 17.7 Å². The number of amides is 1. The van der Waals surface area contributed by atoms with Crippen LogP contribution in [0.3, 0.4) is 0 Å². The number of carbonyl (C=O) groups excluding carboxylic acids is 1. The van der Waals surface area contributed by atoms with Gasteiger partial charge in [-0.1, -0.05) is 6.07 Å². The van der Waals surface area contributed by atoms with Crippen LogP contribution < -0.4 is 5.32 Å². The molecule has 1 amide bonds. The Morgan fingerprint density at radius 3 is 2.96 bits per heavy atom. The van der Waals surface area contributed by atoms with E-state index in [0.29, 0.717) is 18.4 Å². The number of carbonyl (C=O) groups is 1. The molecule has 5 heteroatoms. The van der Waals surface area contributed by atoms with E-state index in [1.807, 2.05) is 18.3 Å². The van der Waals surface area contributed by atoms with Crippen LogP contribution in [0.5, 0.6) is 0 Å². The van der Waals surface area contributed by atoms with Gasteiger partial charge in [0, 0.05) is 56.2 Å². The van der Waals surface area contributed by atoms with Crippen molar-refractivity contribution < 1.29 is 4.79 Å². The number of rotatable bonds is 8. The molecule has 2 aliphatic rings. The van der Waals surface area contributed by atoms with E-state index in [0.717, 1.165) is 43.4 Å². The minimum atomic E-state index is 0.224. The van der Waals surface area contributed by atoms with Crippen LogP contribution >= 0.6 is 11.8 Å². The quantitative estimate of drug-likeness (QED) is 0.792. The second kappa shape index (κ2) is 8.15. The van der Waals surface area contributed by atoms with Crippen molar-refractivity contribution in [2.45, 2.75) is 31.7 Å². The molecule has 1 aliphatic carbocycles. The SMILES string of the molecule is CSCCC(=O)N[C@@H]1CN(CCc2ccccn2)C[C@H]1C1CC1. The third-order valence-electron chi connectivity index (χ3n) is 4.96. The standard InChI is InChI=1S/C18H27N3OS/c1-23-11-8-18(22)20-17-13-21(12-16(17)14-5-6-14)10-7-15-4-2-3-9-19-15/h2-4,9,14,16-17H,5-8,10-13H2,1H3,(H,20,22)/t16-,17+/m0/s1. The summed E-state index contributed by atoms with van der Waals surface area (Å²) in [6.45, 7) is 3.17. The fraction of sp³-hybridized carbons (Fsp3) is 0.667. The fourth-order valence-corrected chi connectivity index (χ4v) is 3.93. The molecule has 0 spiro atoms. The van der Waals surface area contributed by atoms with Crippen LogP contribution in [0.1, 0.15) is 25.0 Å². The van der Waals surface area contributed by atoms with Gasteiger partial charge in [0.1, 0.15) is 0 Å². The third kappa shape index (κ3) is 4.95. The Bertz CT molecular complexity index is 506. The number of hydrogen-bond acceptors (Lipinski definition) is 4. The van der Waals surface area contributed by atoms with Crippen LogP contribution in [0.2, 0.25) is 0 Å². The van der Waals surface area contributed by atoms with E-state index < -0.39 is 0 Å². The highest BCUT2D eigenvalue weighted by Gasteiger charge is 2.42. The van der Waals surface area contributed by atoms with Crippen molar-refractivity contribution in [1.29, 1.82) is 0 Å². The highest BCUT2D eigenvalue weighted by atomic mass is 32.2. The molecule has 23 heavy (non-hydrogen) atoms. The van der Waals surface area contributed by atoms with Gasteiger partial charge in [0.15, 0.2) is 0 Å². The number of nitrogens with zero attached hydrogens (tertiary/aromatic N) is 2. The van der Waals surface area contributed by atoms with Gasteiger partial charge in [-0.2, -0.15) is 11.8 Å². The molecular formula is C18H27N3OS. The van der Waals surface area contributed by atoms with E-state index in [-0.39, 0.29) is 5.91 Å². The zero-order valence-corrected chi connectivity index (χ0v) is 14.7. The predicted octanol–water partition coefficient (Wildman–Crippen LogP) is 2.20. The van der Waals surface area contributed by atoms with Gasteiger partial charge < -0.3 is 10.2 Å². The molecule has 2 atom stereocenters. The summed E-state index contributed by atoms with van der Waals surface area (Å²) in [5.41, 5.74) is 1.16. The van der Waals surface area contributed by atoms with Gasteiger partial charge in [-0.3, -0.25) is 9.78 Å². The molecule has 1 aromatic heterocycles. The number of likely N-dealkylation sites (tertiary alicyclic amines) is 1. The number of aromatic nitrogens is 1. The Morgan fingerprint density at radius 2 is 2.26 bits per heavy atom. The summed E-state index contributed by atoms with van der Waals surface area (Å²) in [7, 11) is 0. The van der Waals surface area contributed by atoms with E-state index in [4.69, 9.17) is 0 Å². The summed E-state index contributed by atoms with van der Waals surface area (Å²) in [6, 6.07) is 6.45. The first-order chi connectivity index (χ1) is 11.3. The van der Waals surface area contributed by atoms with E-state index in [2.05, 4.69) is 27.5 Å². The molecule has 0 bridgehead atoms. The lowest BCUT2D eigenvalue weighted by molar-refractivity contribution is -0.121. The second-order valence-electron chi connectivity index (χ2n) is 6.75. The van der Waals surface area contributed by atoms with Crippen LogP contribution in [-0.2, 0) is 11.2 Å². The molecule has 0 unspecified atom stereocenters. The summed E-state index contributed by atoms with van der Waals surface area (Å²) < 4.78 is 0. The molecule has 126 valence electrons. The van der Waals surface area contributed by atoms with Crippen LogP contribution in [0.15, 0.2) is 24.4 Å². The number of pyridine rings is 1. The molecule has 1 aliphatic heterocycles. The molecule has 2 fully saturated rings. The first-order valence-electron chi connectivity index (χ1n) is 8.67. The fourth-order valence-electron chi connectivity index (χ4n) is 3.54. The molecule has 3 rings (SSSR count). The minimum Gasteiger partial charge on any atom is -0.352 e. The summed E-state index contributed by atoms with van der Waals surface area (Å²) in [6.07, 6.45) is 8.23. The number of thioether (sulfide) groups is 1. The molecule has 0 radical (unpaired) electrons. The molecule has 1 N–H and O–H groups in total. The van der Waals surface area contributed by atoms with Crippen LogP contribution in [0, 0.1) is 11.8 Å². The normalized spacial score (nSPS) is 24.7. The average Bonchev–Trinajstić information content (AvgIpc) is 3.34. The van der Waals surface area contributed by atoms with Crippen molar-refractivity contribution in [3.05, 3.63) is 30.1 Å². The first-order valence-corrected chi connectivity index (χ1v) is 10.1. The lowest BCUT2D eigenvalue weighted by Gasteiger charge is -2.19. The van der Waals surface area contributed by atoms with Gasteiger partial charge in [-0.25, -0.2) is 0 Å². The van der Waals surface area contributed by atoms with Gasteiger partial charge in [0.25, 0.3) is 0 Å². The van der Waals surface area contributed by atoms with Gasteiger partial charge in [-0.05, 0) is 43.1 Å². The maximum atomic E-state index is 12.1. The lowest BCUT2D eigenvalue weighted by Crippen LogP contribution is -2.41. The monoisotopic (exact) mass is 333 g/mol. The van der Waals surface area contributed by atoms with E-state index >= 15 is 0 Å². The Hall–Kier alpha value is -1.07. The Balaban J connectivity index is 1.50. The Kier molecular flexibility index (Phi) is 5.95. The van der Waals surface area contributed by atoms with E-state index in [1.54, 1.807) is 11.8 Å². The average molecular weight is 334 g/mol. The van der Waals surface area contributed by atoms with Gasteiger partial charge in [0.05, 0.1) is 0 Å². The number of nitrogens with one attached hydrogen (secondary N) is 1. The van der Waals surface area contributed by atoms with Crippen LogP contribution in [-0.4, -0.2) is 53.5 Å². The third-order valence-corrected chi connectivity index (χ3v) is 5.57. The summed E-state index contributed by atoms with van der Waals surface area (Å²) >= 11 is 1.74. The highest BCUT2D eigenvalue weighted by molar-refractivity contribution is 7.98. The van der Waals surface area contributed by atoms with E-state index in [1.165, 1.54) is 12.8 Å². The van der Waals surface area contributed by atoms with Crippen molar-refractivity contribution in [2.24, 2.45) is 11.8 Å². The van der Waals surface area contributed by atoms with Gasteiger partial charge >= 0.3 is 0 Å². The largest absolute Gasteiger partial charge is 0.352 e. The Morgan fingerprint density at radius 1 is 1.39 bits per heavy atom. The maximum absolute atomic E-state index is 12.1. The molecule has 0 aromatic carbocycles. The highest BCUT2D eigenvalue weighted by Crippen LogP contribution is 2.41. The summed E-state index contributed by atoms with van der Waals surface area (Å²) in [5, 5.41) is 3.30. The number of hydrogen-bond donors (Lipinski definition) is 1. The summed E-state index contributed by atoms with van der Waals surface area (Å²) in [4.78, 5) is 19.0. The maximum Gasteiger partial charge on any atom is 0.221 e. The van der Waals surface area contributed by atoms with Crippen molar-refractivity contribution in [3.8, 4) is 0 Å². The molecule has 1 saturated heterocycles. The van der Waals surface area contributed by atoms with Crippen LogP contribution in [0.4, 0.5) is 0 Å². The predicted molar refractivity (Wildman–Crippen MR) is 95.5 cm³/mol. The van der Waals surface area contributed by atoms with Crippen molar-refractivity contribution in [3.63, 3.8) is 0 Å². The smallest absolute Gasteiger partial charge is 0.221 e.